The summed E-state index contributed by atoms with van der Waals surface area (Å²) in [7, 11) is -10.2. The fourth-order valence-corrected chi connectivity index (χ4v) is 18.0. The van der Waals surface area contributed by atoms with Crippen LogP contribution in [0.25, 0.3) is 0 Å². The Hall–Kier alpha value is -1.48. The fraction of sp³-hybridized carbons (Fsp3) is 0.826. The maximum Gasteiger partial charge on any atom is 0.473 e. The van der Waals surface area contributed by atoms with Gasteiger partial charge in [-0.3, -0.25) is 0 Å². The van der Waals surface area contributed by atoms with Gasteiger partial charge < -0.3 is 21.8 Å². The predicted octanol–water partition coefficient (Wildman–Crippen LogP) is 8.25. The Morgan fingerprint density at radius 2 is 0.936 bits per heavy atom. The van der Waals surface area contributed by atoms with E-state index in [2.05, 4.69) is 4.74 Å². The second kappa shape index (κ2) is 14.8. The summed E-state index contributed by atoms with van der Waals surface area (Å²) in [6.45, 7) is 12.9. The number of rotatable bonds is 19. The molecule has 0 radical (unpaired) electrons. The lowest BCUT2D eigenvalue weighted by Gasteiger charge is -2.42. The van der Waals surface area contributed by atoms with Crippen molar-refractivity contribution >= 4 is 45.7 Å². The van der Waals surface area contributed by atoms with Crippen LogP contribution in [0.2, 0.25) is 65.0 Å². The van der Waals surface area contributed by atoms with E-state index in [1.54, 1.807) is 0 Å². The van der Waals surface area contributed by atoms with Gasteiger partial charge in [0.2, 0.25) is 0 Å². The molecule has 0 aromatic carbocycles. The van der Waals surface area contributed by atoms with Crippen molar-refractivity contribution in [1.82, 2.24) is 0 Å². The van der Waals surface area contributed by atoms with E-state index in [-0.39, 0.29) is 24.6 Å². The summed E-state index contributed by atoms with van der Waals surface area (Å²) in [5, 5.41) is 0. The zero-order valence-corrected chi connectivity index (χ0v) is 30.8. The van der Waals surface area contributed by atoms with Crippen molar-refractivity contribution in [2.24, 2.45) is 0 Å². The van der Waals surface area contributed by atoms with E-state index in [9.17, 15) is 66.7 Å². The summed E-state index contributed by atoms with van der Waals surface area (Å²) in [6.07, 6.45) is -7.43. The highest BCUT2D eigenvalue weighted by atomic mass is 28.5. The number of hydrogen-bond acceptors (Lipinski definition) is 7. The van der Waals surface area contributed by atoms with E-state index in [1.807, 2.05) is 58.9 Å². The van der Waals surface area contributed by atoms with Crippen molar-refractivity contribution in [1.29, 1.82) is 0 Å². The Labute approximate surface area is 266 Å². The molecule has 0 N–H and O–H groups in total. The standard InChI is InChI=1S/C23H37F13O7Si4/c1-44(2,3)41-47(42-45(4,5)6,43-46(7,8)9)14-10-13-39-16(37)11-12-17(38)40-23(35,36)22(33,34)21(31,32)20(29,30)19(27,28)18(25,26)15-24/h11-12H,10,13-15H2,1-9H3. The number of carbonyl (C=O) groups is 2. The maximum atomic E-state index is 13.8. The molecule has 0 atom stereocenters. The molecule has 0 saturated heterocycles. The molecule has 0 unspecified atom stereocenters. The number of ether oxygens (including phenoxy) is 2. The van der Waals surface area contributed by atoms with Crippen LogP contribution in [0.15, 0.2) is 12.2 Å². The molecule has 0 aliphatic rings. The average Bonchev–Trinajstić information content (AvgIpc) is 2.81. The van der Waals surface area contributed by atoms with Gasteiger partial charge in [0.15, 0.2) is 31.6 Å². The summed E-state index contributed by atoms with van der Waals surface area (Å²) in [5.74, 6) is -42.5. The predicted molar refractivity (Wildman–Crippen MR) is 150 cm³/mol. The van der Waals surface area contributed by atoms with Crippen molar-refractivity contribution in [3.63, 3.8) is 0 Å². The monoisotopic (exact) mass is 784 g/mol. The summed E-state index contributed by atoms with van der Waals surface area (Å²) < 4.78 is 201. The molecule has 7 nitrogen and oxygen atoms in total. The Bertz CT molecular complexity index is 1080. The van der Waals surface area contributed by atoms with Gasteiger partial charge in [0.05, 0.1) is 6.61 Å². The van der Waals surface area contributed by atoms with Gasteiger partial charge in [-0.05, 0) is 65.3 Å². The first-order valence-electron chi connectivity index (χ1n) is 13.4. The summed E-state index contributed by atoms with van der Waals surface area (Å²) in [5.41, 5.74) is 0. The Morgan fingerprint density at radius 3 is 1.30 bits per heavy atom. The second-order valence-electron chi connectivity index (χ2n) is 13.0. The van der Waals surface area contributed by atoms with Crippen LogP contribution in [0.3, 0.4) is 0 Å². The topological polar surface area (TPSA) is 80.3 Å². The van der Waals surface area contributed by atoms with Crippen molar-refractivity contribution in [2.75, 3.05) is 13.3 Å². The van der Waals surface area contributed by atoms with Gasteiger partial charge in [-0.2, -0.15) is 52.7 Å². The molecule has 278 valence electrons. The lowest BCUT2D eigenvalue weighted by Crippen LogP contribution is -2.71. The van der Waals surface area contributed by atoms with Gasteiger partial charge in [0, 0.05) is 18.2 Å². The van der Waals surface area contributed by atoms with Crippen LogP contribution in [0.5, 0.6) is 0 Å². The van der Waals surface area contributed by atoms with Gasteiger partial charge in [0.25, 0.3) is 0 Å². The van der Waals surface area contributed by atoms with Crippen LogP contribution in [0.4, 0.5) is 57.1 Å². The lowest BCUT2D eigenvalue weighted by molar-refractivity contribution is -0.450. The van der Waals surface area contributed by atoms with E-state index >= 15 is 0 Å². The number of esters is 2. The van der Waals surface area contributed by atoms with Crippen LogP contribution in [0, 0.1) is 0 Å². The molecule has 0 aromatic rings. The quantitative estimate of drug-likeness (QED) is 0.0429. The second-order valence-corrected chi connectivity index (χ2v) is 30.0. The minimum Gasteiger partial charge on any atom is -0.463 e. The van der Waals surface area contributed by atoms with Crippen molar-refractivity contribution in [3.8, 4) is 0 Å². The number of hydrogen-bond donors (Lipinski definition) is 0. The smallest absolute Gasteiger partial charge is 0.463 e. The molecule has 0 aromatic heterocycles. The summed E-state index contributed by atoms with van der Waals surface area (Å²) in [6, 6.07) is 0.140. The molecular weight excluding hydrogens is 748 g/mol. The number of carbonyl (C=O) groups excluding carboxylic acids is 2. The highest BCUT2D eigenvalue weighted by Crippen LogP contribution is 2.60. The van der Waals surface area contributed by atoms with E-state index in [4.69, 9.17) is 17.1 Å². The highest BCUT2D eigenvalue weighted by Gasteiger charge is 2.91. The molecule has 0 aliphatic carbocycles. The van der Waals surface area contributed by atoms with Gasteiger partial charge >= 0.3 is 56.5 Å². The van der Waals surface area contributed by atoms with Crippen LogP contribution in [0.1, 0.15) is 6.42 Å². The van der Waals surface area contributed by atoms with E-state index in [0.29, 0.717) is 0 Å². The molecule has 0 rings (SSSR count). The molecule has 47 heavy (non-hydrogen) atoms. The molecule has 0 bridgehead atoms. The van der Waals surface area contributed by atoms with Gasteiger partial charge in [-0.25, -0.2) is 14.0 Å². The van der Waals surface area contributed by atoms with E-state index in [1.165, 1.54) is 0 Å². The average molecular weight is 785 g/mol. The molecule has 0 aliphatic heterocycles. The van der Waals surface area contributed by atoms with Gasteiger partial charge in [-0.15, -0.1) is 0 Å². The first-order chi connectivity index (χ1) is 20.4. The molecule has 0 heterocycles. The first kappa shape index (κ1) is 45.5. The third-order valence-electron chi connectivity index (χ3n) is 5.02. The van der Waals surface area contributed by atoms with Crippen molar-refractivity contribution in [3.05, 3.63) is 12.2 Å². The van der Waals surface area contributed by atoms with Crippen molar-refractivity contribution in [2.45, 2.75) is 107 Å². The van der Waals surface area contributed by atoms with E-state index in [0.717, 1.165) is 0 Å². The van der Waals surface area contributed by atoms with Crippen LogP contribution in [-0.2, 0) is 31.4 Å². The summed E-state index contributed by atoms with van der Waals surface area (Å²) >= 11 is 0. The van der Waals surface area contributed by atoms with Gasteiger partial charge in [0.1, 0.15) is 0 Å². The number of alkyl halides is 13. The molecule has 0 spiro atoms. The minimum absolute atomic E-state index is 0.0142. The zero-order chi connectivity index (χ0) is 37.9. The Balaban J connectivity index is 5.72. The third-order valence-corrected chi connectivity index (χ3v) is 17.1. The van der Waals surface area contributed by atoms with Crippen molar-refractivity contribution < 1.29 is 88.5 Å². The first-order valence-corrected chi connectivity index (χ1v) is 25.6. The lowest BCUT2D eigenvalue weighted by atomic mass is 9.94. The highest BCUT2D eigenvalue weighted by molar-refractivity contribution is 6.90. The SMILES string of the molecule is C[Si](C)(C)O[Si](CCCOC(=O)C=CC(=O)OC(F)(F)C(F)(F)C(F)(F)C(F)(F)C(F)(F)C(F)(F)CF)(O[Si](C)(C)C)O[Si](C)(C)C. The molecular formula is C23H37F13O7Si4. The summed E-state index contributed by atoms with van der Waals surface area (Å²) in [4.78, 5) is 23.5. The number of halogens is 13. The normalized spacial score (nSPS) is 15.3. The Morgan fingerprint density at radius 1 is 0.574 bits per heavy atom. The molecule has 0 amide bonds. The zero-order valence-electron chi connectivity index (χ0n) is 26.8. The maximum absolute atomic E-state index is 13.8. The van der Waals surface area contributed by atoms with Gasteiger partial charge in [-0.1, -0.05) is 0 Å². The van der Waals surface area contributed by atoms with Crippen LogP contribution < -0.4 is 0 Å². The van der Waals surface area contributed by atoms with E-state index < -0.39 is 94.7 Å². The molecule has 24 heteroatoms. The molecule has 0 saturated carbocycles. The minimum atomic E-state index is -8.06. The van der Waals surface area contributed by atoms with Crippen LogP contribution >= 0.6 is 0 Å². The Kier molecular flexibility index (Phi) is 14.3. The fourth-order valence-electron chi connectivity index (χ4n) is 3.38. The van der Waals surface area contributed by atoms with Crippen LogP contribution in [-0.4, -0.2) is 94.7 Å². The largest absolute Gasteiger partial charge is 0.473 e. The molecule has 0 fully saturated rings. The third kappa shape index (κ3) is 11.8.